The third-order valence-electron chi connectivity index (χ3n) is 2.97. The number of ether oxygens (including phenoxy) is 1. The van der Waals surface area contributed by atoms with E-state index in [1.54, 1.807) is 16.9 Å². The zero-order valence-corrected chi connectivity index (χ0v) is 13.1. The molecule has 1 unspecified atom stereocenters. The molecule has 1 atom stereocenters. The summed E-state index contributed by atoms with van der Waals surface area (Å²) in [6.07, 6.45) is 0.536. The van der Waals surface area contributed by atoms with Crippen molar-refractivity contribution in [1.82, 2.24) is 9.78 Å². The molecule has 0 saturated heterocycles. The van der Waals surface area contributed by atoms with Crippen molar-refractivity contribution < 1.29 is 14.2 Å². The lowest BCUT2D eigenvalue weighted by Gasteiger charge is -2.17. The molecular weight excluding hydrogens is 327 g/mol. The number of aliphatic hydroxyl groups excluding tert-OH is 1. The molecule has 0 radical (unpaired) electrons. The smallest absolute Gasteiger partial charge is 0.163 e. The predicted molar refractivity (Wildman–Crippen MR) is 77.3 cm³/mol. The van der Waals surface area contributed by atoms with Crippen LogP contribution in [0.2, 0.25) is 0 Å². The van der Waals surface area contributed by atoms with Crippen LogP contribution in [0.15, 0.2) is 28.9 Å². The summed E-state index contributed by atoms with van der Waals surface area (Å²) in [7, 11) is 1.51. The van der Waals surface area contributed by atoms with Crippen molar-refractivity contribution in [2.75, 3.05) is 7.11 Å². The summed E-state index contributed by atoms with van der Waals surface area (Å²) in [5, 5.41) is 14.7. The SMILES string of the molecule is COc1cnn(C(C)C)c1C(O)c1cc(F)cc(Br)c1. The molecule has 0 bridgehead atoms. The molecule has 0 aliphatic heterocycles. The molecular formula is C14H16BrFN2O2. The Hall–Kier alpha value is -1.40. The fourth-order valence-corrected chi connectivity index (χ4v) is 2.56. The predicted octanol–water partition coefficient (Wildman–Crippen LogP) is 3.46. The molecule has 2 aromatic rings. The summed E-state index contributed by atoms with van der Waals surface area (Å²) < 4.78 is 20.9. The molecule has 0 aliphatic rings. The number of halogens is 2. The van der Waals surface area contributed by atoms with E-state index in [0.717, 1.165) is 0 Å². The Labute approximate surface area is 125 Å². The van der Waals surface area contributed by atoms with Crippen molar-refractivity contribution in [3.05, 3.63) is 45.9 Å². The van der Waals surface area contributed by atoms with Crippen LogP contribution in [0.4, 0.5) is 4.39 Å². The third-order valence-corrected chi connectivity index (χ3v) is 3.43. The van der Waals surface area contributed by atoms with Crippen molar-refractivity contribution in [1.29, 1.82) is 0 Å². The van der Waals surface area contributed by atoms with E-state index in [1.807, 2.05) is 13.8 Å². The van der Waals surface area contributed by atoms with E-state index in [4.69, 9.17) is 4.74 Å². The van der Waals surface area contributed by atoms with Crippen LogP contribution in [0.25, 0.3) is 0 Å². The molecule has 1 N–H and O–H groups in total. The van der Waals surface area contributed by atoms with Crippen molar-refractivity contribution in [3.63, 3.8) is 0 Å². The van der Waals surface area contributed by atoms with Crippen LogP contribution in [0.5, 0.6) is 5.75 Å². The minimum atomic E-state index is -1.01. The topological polar surface area (TPSA) is 47.3 Å². The van der Waals surface area contributed by atoms with Crippen LogP contribution in [0.1, 0.15) is 37.3 Å². The molecule has 0 fully saturated rings. The second-order valence-corrected chi connectivity index (χ2v) is 5.66. The Morgan fingerprint density at radius 3 is 2.60 bits per heavy atom. The van der Waals surface area contributed by atoms with Crippen LogP contribution in [0.3, 0.4) is 0 Å². The van der Waals surface area contributed by atoms with Gasteiger partial charge >= 0.3 is 0 Å². The lowest BCUT2D eigenvalue weighted by atomic mass is 10.1. The monoisotopic (exact) mass is 342 g/mol. The molecule has 1 aromatic heterocycles. The minimum absolute atomic E-state index is 0.0561. The first-order chi connectivity index (χ1) is 9.43. The fourth-order valence-electron chi connectivity index (χ4n) is 2.08. The van der Waals surface area contributed by atoms with Gasteiger partial charge in [-0.05, 0) is 37.6 Å². The van der Waals surface area contributed by atoms with E-state index in [-0.39, 0.29) is 6.04 Å². The second-order valence-electron chi connectivity index (χ2n) is 4.74. The first kappa shape index (κ1) is 15.0. The van der Waals surface area contributed by atoms with Gasteiger partial charge in [0, 0.05) is 10.5 Å². The van der Waals surface area contributed by atoms with E-state index in [1.165, 1.54) is 19.2 Å². The van der Waals surface area contributed by atoms with Crippen molar-refractivity contribution in [3.8, 4) is 5.75 Å². The zero-order valence-electron chi connectivity index (χ0n) is 11.5. The normalized spacial score (nSPS) is 12.8. The molecule has 0 aliphatic carbocycles. The van der Waals surface area contributed by atoms with Gasteiger partial charge < -0.3 is 9.84 Å². The maximum absolute atomic E-state index is 13.5. The van der Waals surface area contributed by atoms with Gasteiger partial charge in [0.25, 0.3) is 0 Å². The summed E-state index contributed by atoms with van der Waals surface area (Å²) >= 11 is 3.22. The highest BCUT2D eigenvalue weighted by Crippen LogP contribution is 2.33. The van der Waals surface area contributed by atoms with E-state index < -0.39 is 11.9 Å². The highest BCUT2D eigenvalue weighted by Gasteiger charge is 2.23. The van der Waals surface area contributed by atoms with Crippen LogP contribution < -0.4 is 4.74 Å². The number of hydrogen-bond acceptors (Lipinski definition) is 3. The van der Waals surface area contributed by atoms with Crippen molar-refractivity contribution in [2.45, 2.75) is 26.0 Å². The lowest BCUT2D eigenvalue weighted by molar-refractivity contribution is 0.199. The molecule has 2 rings (SSSR count). The van der Waals surface area contributed by atoms with Gasteiger partial charge in [-0.15, -0.1) is 0 Å². The zero-order chi connectivity index (χ0) is 14.9. The standard InChI is InChI=1S/C14H16BrFN2O2/c1-8(2)18-13(12(20-3)7-17-18)14(19)9-4-10(15)6-11(16)5-9/h4-8,14,19H,1-3H3. The van der Waals surface area contributed by atoms with Crippen molar-refractivity contribution >= 4 is 15.9 Å². The maximum Gasteiger partial charge on any atom is 0.163 e. The Bertz CT molecular complexity index is 593. The largest absolute Gasteiger partial charge is 0.493 e. The van der Waals surface area contributed by atoms with E-state index >= 15 is 0 Å². The number of nitrogens with zero attached hydrogens (tertiary/aromatic N) is 2. The Kier molecular flexibility index (Phi) is 4.45. The molecule has 1 aromatic carbocycles. The molecule has 0 amide bonds. The van der Waals surface area contributed by atoms with Crippen molar-refractivity contribution in [2.24, 2.45) is 0 Å². The lowest BCUT2D eigenvalue weighted by Crippen LogP contribution is -2.13. The van der Waals surface area contributed by atoms with Gasteiger partial charge in [-0.2, -0.15) is 5.10 Å². The van der Waals surface area contributed by atoms with Gasteiger partial charge in [0.1, 0.15) is 17.6 Å². The summed E-state index contributed by atoms with van der Waals surface area (Å²) in [4.78, 5) is 0. The van der Waals surface area contributed by atoms with Gasteiger partial charge in [0.15, 0.2) is 5.75 Å². The van der Waals surface area contributed by atoms with Crippen LogP contribution >= 0.6 is 15.9 Å². The number of aromatic nitrogens is 2. The number of methoxy groups -OCH3 is 1. The van der Waals surface area contributed by atoms with Gasteiger partial charge in [-0.1, -0.05) is 15.9 Å². The molecule has 0 spiro atoms. The van der Waals surface area contributed by atoms with Gasteiger partial charge in [0.05, 0.1) is 13.3 Å². The van der Waals surface area contributed by atoms with E-state index in [2.05, 4.69) is 21.0 Å². The summed E-state index contributed by atoms with van der Waals surface area (Å²) in [5.74, 6) is 0.0644. The summed E-state index contributed by atoms with van der Waals surface area (Å²) in [5.41, 5.74) is 0.956. The van der Waals surface area contributed by atoms with Crippen LogP contribution in [-0.2, 0) is 0 Å². The molecule has 20 heavy (non-hydrogen) atoms. The van der Waals surface area contributed by atoms with Gasteiger partial charge in [-0.25, -0.2) is 4.39 Å². The maximum atomic E-state index is 13.5. The number of benzene rings is 1. The second kappa shape index (κ2) is 5.93. The van der Waals surface area contributed by atoms with Gasteiger partial charge in [0.2, 0.25) is 0 Å². The highest BCUT2D eigenvalue weighted by molar-refractivity contribution is 9.10. The Balaban J connectivity index is 2.51. The van der Waals surface area contributed by atoms with Crippen LogP contribution in [0, 0.1) is 5.82 Å². The van der Waals surface area contributed by atoms with E-state index in [9.17, 15) is 9.50 Å². The summed E-state index contributed by atoms with van der Waals surface area (Å²) in [6.45, 7) is 3.90. The van der Waals surface area contributed by atoms with Crippen LogP contribution in [-0.4, -0.2) is 22.0 Å². The third kappa shape index (κ3) is 2.86. The first-order valence-electron chi connectivity index (χ1n) is 6.19. The Morgan fingerprint density at radius 2 is 2.05 bits per heavy atom. The average Bonchev–Trinajstić information content (AvgIpc) is 2.80. The molecule has 6 heteroatoms. The minimum Gasteiger partial charge on any atom is -0.493 e. The molecule has 4 nitrogen and oxygen atoms in total. The first-order valence-corrected chi connectivity index (χ1v) is 6.98. The molecule has 108 valence electrons. The molecule has 1 heterocycles. The van der Waals surface area contributed by atoms with Gasteiger partial charge in [-0.3, -0.25) is 4.68 Å². The highest BCUT2D eigenvalue weighted by atomic mass is 79.9. The number of rotatable bonds is 4. The molecule has 0 saturated carbocycles. The summed E-state index contributed by atoms with van der Waals surface area (Å²) in [6, 6.07) is 4.37. The number of hydrogen-bond donors (Lipinski definition) is 1. The quantitative estimate of drug-likeness (QED) is 0.925. The average molecular weight is 343 g/mol. The fraction of sp³-hybridized carbons (Fsp3) is 0.357. The Morgan fingerprint density at radius 1 is 1.35 bits per heavy atom. The van der Waals surface area contributed by atoms with E-state index in [0.29, 0.717) is 21.5 Å². The number of aliphatic hydroxyl groups is 1.